The molecule has 0 fully saturated rings. The molecule has 0 rings (SSSR count). The van der Waals surface area contributed by atoms with Crippen molar-refractivity contribution in [3.05, 3.63) is 0 Å². The van der Waals surface area contributed by atoms with Gasteiger partial charge in [0.05, 0.1) is 6.54 Å². The molecule has 0 aromatic carbocycles. The fourth-order valence-electron chi connectivity index (χ4n) is 0.384. The Kier molecular flexibility index (Phi) is 3.64. The van der Waals surface area contributed by atoms with E-state index in [0.717, 1.165) is 0 Å². The van der Waals surface area contributed by atoms with Crippen LogP contribution in [0, 0.1) is 0 Å². The molecule has 1 atom stereocenters. The Morgan fingerprint density at radius 3 is 2.40 bits per heavy atom. The molecule has 0 bridgehead atoms. The van der Waals surface area contributed by atoms with E-state index in [-0.39, 0.29) is 12.3 Å². The van der Waals surface area contributed by atoms with Gasteiger partial charge in [0.2, 0.25) is 0 Å². The molecule has 0 aliphatic rings. The Hall–Kier alpha value is -0.900. The van der Waals surface area contributed by atoms with E-state index in [9.17, 15) is 9.59 Å². The van der Waals surface area contributed by atoms with Crippen molar-refractivity contribution in [2.24, 2.45) is 0 Å². The van der Waals surface area contributed by atoms with Crippen molar-refractivity contribution in [3.8, 4) is 0 Å². The van der Waals surface area contributed by atoms with Crippen LogP contribution < -0.4 is 5.32 Å². The van der Waals surface area contributed by atoms with Crippen LogP contribution in [0.4, 0.5) is 0 Å². The van der Waals surface area contributed by atoms with Crippen molar-refractivity contribution in [2.75, 3.05) is 6.54 Å². The lowest BCUT2D eigenvalue weighted by Crippen LogP contribution is -2.36. The molecular weight excluding hydrogens is 134 g/mol. The molecule has 10 heavy (non-hydrogen) atoms. The summed E-state index contributed by atoms with van der Waals surface area (Å²) in [7, 11) is 0. The van der Waals surface area contributed by atoms with Crippen molar-refractivity contribution < 1.29 is 14.7 Å². The standard InChI is InChI=1S/C6H11NO3/c1-4(8)3-7-5(2)6(9)10/h5,7H,3H2,1-2H3,(H,9,10). The summed E-state index contributed by atoms with van der Waals surface area (Å²) in [6, 6.07) is -0.649. The number of hydrogen-bond donors (Lipinski definition) is 2. The van der Waals surface area contributed by atoms with Gasteiger partial charge in [-0.15, -0.1) is 0 Å². The van der Waals surface area contributed by atoms with Gasteiger partial charge >= 0.3 is 5.97 Å². The third-order valence-electron chi connectivity index (χ3n) is 1.03. The van der Waals surface area contributed by atoms with Crippen LogP contribution >= 0.6 is 0 Å². The van der Waals surface area contributed by atoms with E-state index in [2.05, 4.69) is 5.32 Å². The molecule has 2 N–H and O–H groups in total. The van der Waals surface area contributed by atoms with Crippen molar-refractivity contribution in [1.29, 1.82) is 0 Å². The number of carboxylic acid groups (broad SMARTS) is 1. The molecule has 0 amide bonds. The predicted octanol–water partition coefficient (Wildman–Crippen LogP) is -0.362. The molecule has 0 aromatic heterocycles. The molecule has 0 spiro atoms. The number of aliphatic carboxylic acids is 1. The summed E-state index contributed by atoms with van der Waals surface area (Å²) in [6.07, 6.45) is 0. The maximum atomic E-state index is 10.3. The van der Waals surface area contributed by atoms with Crippen LogP contribution in [0.2, 0.25) is 0 Å². The summed E-state index contributed by atoms with van der Waals surface area (Å²) in [5, 5.41) is 10.9. The van der Waals surface area contributed by atoms with Crippen LogP contribution in [-0.2, 0) is 9.59 Å². The third-order valence-corrected chi connectivity index (χ3v) is 1.03. The number of nitrogens with one attached hydrogen (secondary N) is 1. The van der Waals surface area contributed by atoms with Gasteiger partial charge in [-0.05, 0) is 13.8 Å². The summed E-state index contributed by atoms with van der Waals surface area (Å²) in [5.74, 6) is -1.01. The van der Waals surface area contributed by atoms with Gasteiger partial charge in [-0.2, -0.15) is 0 Å². The van der Waals surface area contributed by atoms with E-state index in [1.165, 1.54) is 13.8 Å². The molecule has 0 aromatic rings. The van der Waals surface area contributed by atoms with Gasteiger partial charge in [-0.25, -0.2) is 0 Å². The SMILES string of the molecule is CC(=O)CNC(C)C(=O)O. The van der Waals surface area contributed by atoms with Crippen molar-refractivity contribution >= 4 is 11.8 Å². The van der Waals surface area contributed by atoms with Crippen LogP contribution in [0.5, 0.6) is 0 Å². The molecular formula is C6H11NO3. The number of Topliss-reactive ketones (excluding diaryl/α,β-unsaturated/α-hetero) is 1. The number of carbonyl (C=O) groups is 2. The quantitative estimate of drug-likeness (QED) is 0.566. The summed E-state index contributed by atoms with van der Waals surface area (Å²) < 4.78 is 0. The summed E-state index contributed by atoms with van der Waals surface area (Å²) in [5.41, 5.74) is 0. The molecule has 0 heterocycles. The molecule has 0 radical (unpaired) electrons. The van der Waals surface area contributed by atoms with E-state index in [1.54, 1.807) is 0 Å². The van der Waals surface area contributed by atoms with Crippen LogP contribution in [0.25, 0.3) is 0 Å². The molecule has 0 saturated heterocycles. The zero-order valence-corrected chi connectivity index (χ0v) is 6.05. The minimum Gasteiger partial charge on any atom is -0.480 e. The first-order chi connectivity index (χ1) is 4.54. The highest BCUT2D eigenvalue weighted by Gasteiger charge is 2.09. The Labute approximate surface area is 59.2 Å². The lowest BCUT2D eigenvalue weighted by Gasteiger charge is -2.05. The Balaban J connectivity index is 3.49. The van der Waals surface area contributed by atoms with E-state index in [4.69, 9.17) is 5.11 Å². The zero-order valence-electron chi connectivity index (χ0n) is 6.05. The average molecular weight is 145 g/mol. The number of carbonyl (C=O) groups excluding carboxylic acids is 1. The monoisotopic (exact) mass is 145 g/mol. The van der Waals surface area contributed by atoms with E-state index < -0.39 is 12.0 Å². The van der Waals surface area contributed by atoms with E-state index in [0.29, 0.717) is 0 Å². The van der Waals surface area contributed by atoms with Gasteiger partial charge in [0, 0.05) is 0 Å². The Morgan fingerprint density at radius 1 is 1.60 bits per heavy atom. The van der Waals surface area contributed by atoms with Crippen molar-refractivity contribution in [1.82, 2.24) is 5.32 Å². The largest absolute Gasteiger partial charge is 0.480 e. The second kappa shape index (κ2) is 4.00. The molecule has 4 heteroatoms. The number of rotatable bonds is 4. The smallest absolute Gasteiger partial charge is 0.320 e. The molecule has 0 aliphatic carbocycles. The van der Waals surface area contributed by atoms with Crippen LogP contribution in [0.15, 0.2) is 0 Å². The molecule has 58 valence electrons. The number of carboxylic acids is 1. The van der Waals surface area contributed by atoms with Gasteiger partial charge in [-0.3, -0.25) is 14.9 Å². The van der Waals surface area contributed by atoms with Gasteiger partial charge in [0.25, 0.3) is 0 Å². The molecule has 0 aliphatic heterocycles. The molecule has 0 saturated carbocycles. The normalized spacial score (nSPS) is 12.6. The summed E-state index contributed by atoms with van der Waals surface area (Å²) >= 11 is 0. The second-order valence-corrected chi connectivity index (χ2v) is 2.14. The fourth-order valence-corrected chi connectivity index (χ4v) is 0.384. The van der Waals surface area contributed by atoms with Crippen LogP contribution in [0.3, 0.4) is 0 Å². The average Bonchev–Trinajstić information content (AvgIpc) is 1.82. The maximum absolute atomic E-state index is 10.3. The van der Waals surface area contributed by atoms with Gasteiger partial charge in [0.15, 0.2) is 0 Å². The fraction of sp³-hybridized carbons (Fsp3) is 0.667. The number of ketones is 1. The van der Waals surface area contributed by atoms with E-state index in [1.807, 2.05) is 0 Å². The highest BCUT2D eigenvalue weighted by atomic mass is 16.4. The Bertz CT molecular complexity index is 144. The zero-order chi connectivity index (χ0) is 8.15. The first-order valence-electron chi connectivity index (χ1n) is 2.99. The topological polar surface area (TPSA) is 66.4 Å². The van der Waals surface area contributed by atoms with Gasteiger partial charge in [0.1, 0.15) is 11.8 Å². The minimum absolute atomic E-state index is 0.0619. The van der Waals surface area contributed by atoms with Crippen LogP contribution in [0.1, 0.15) is 13.8 Å². The maximum Gasteiger partial charge on any atom is 0.320 e. The molecule has 4 nitrogen and oxygen atoms in total. The van der Waals surface area contributed by atoms with Gasteiger partial charge in [-0.1, -0.05) is 0 Å². The first kappa shape index (κ1) is 9.10. The Morgan fingerprint density at radius 2 is 2.10 bits per heavy atom. The van der Waals surface area contributed by atoms with Crippen molar-refractivity contribution in [3.63, 3.8) is 0 Å². The second-order valence-electron chi connectivity index (χ2n) is 2.14. The molecule has 1 unspecified atom stereocenters. The highest BCUT2D eigenvalue weighted by Crippen LogP contribution is 1.79. The summed E-state index contributed by atoms with van der Waals surface area (Å²) in [6.45, 7) is 3.01. The lowest BCUT2D eigenvalue weighted by atomic mass is 10.3. The summed E-state index contributed by atoms with van der Waals surface area (Å²) in [4.78, 5) is 20.5. The van der Waals surface area contributed by atoms with E-state index >= 15 is 0 Å². The lowest BCUT2D eigenvalue weighted by molar-refractivity contribution is -0.139. The first-order valence-corrected chi connectivity index (χ1v) is 2.99. The highest BCUT2D eigenvalue weighted by molar-refractivity contribution is 5.79. The van der Waals surface area contributed by atoms with Crippen molar-refractivity contribution in [2.45, 2.75) is 19.9 Å². The number of hydrogen-bond acceptors (Lipinski definition) is 3. The third kappa shape index (κ3) is 4.03. The van der Waals surface area contributed by atoms with Gasteiger partial charge < -0.3 is 5.11 Å². The predicted molar refractivity (Wildman–Crippen MR) is 35.8 cm³/mol. The van der Waals surface area contributed by atoms with Crippen LogP contribution in [-0.4, -0.2) is 29.4 Å². The minimum atomic E-state index is -0.943.